The van der Waals surface area contributed by atoms with E-state index in [1.807, 2.05) is 18.2 Å². The van der Waals surface area contributed by atoms with Crippen LogP contribution in [-0.2, 0) is 4.74 Å². The van der Waals surface area contributed by atoms with Gasteiger partial charge < -0.3 is 15.8 Å². The number of rotatable bonds is 3. The number of anilines is 2. The van der Waals surface area contributed by atoms with E-state index in [4.69, 9.17) is 10.5 Å². The van der Waals surface area contributed by atoms with Crippen LogP contribution in [0.1, 0.15) is 13.3 Å². The Morgan fingerprint density at radius 3 is 3.00 bits per heavy atom. The molecule has 88 valence electrons. The number of halogens is 1. The van der Waals surface area contributed by atoms with Crippen LogP contribution in [0.25, 0.3) is 0 Å². The minimum absolute atomic E-state index is 0.444. The Kier molecular flexibility index (Phi) is 3.91. The molecule has 1 fully saturated rings. The van der Waals surface area contributed by atoms with Crippen LogP contribution in [0, 0.1) is 9.49 Å². The van der Waals surface area contributed by atoms with Gasteiger partial charge in [0.25, 0.3) is 0 Å². The molecule has 2 rings (SSSR count). The summed E-state index contributed by atoms with van der Waals surface area (Å²) >= 11 is 2.31. The lowest BCUT2D eigenvalue weighted by atomic mass is 10.0. The van der Waals surface area contributed by atoms with Crippen molar-refractivity contribution < 1.29 is 4.74 Å². The smallest absolute Gasteiger partial charge is 0.0514 e. The van der Waals surface area contributed by atoms with Crippen LogP contribution in [0.4, 0.5) is 11.4 Å². The van der Waals surface area contributed by atoms with Crippen LogP contribution in [0.5, 0.6) is 0 Å². The molecule has 1 aromatic carbocycles. The van der Waals surface area contributed by atoms with E-state index in [0.29, 0.717) is 12.0 Å². The summed E-state index contributed by atoms with van der Waals surface area (Å²) in [6.45, 7) is 3.99. The topological polar surface area (TPSA) is 47.3 Å². The summed E-state index contributed by atoms with van der Waals surface area (Å²) < 4.78 is 6.57. The summed E-state index contributed by atoms with van der Waals surface area (Å²) in [6.07, 6.45) is 1.15. The number of hydrogen-bond donors (Lipinski definition) is 2. The van der Waals surface area contributed by atoms with E-state index in [-0.39, 0.29) is 0 Å². The average molecular weight is 332 g/mol. The quantitative estimate of drug-likeness (QED) is 0.661. The molecule has 0 bridgehead atoms. The van der Waals surface area contributed by atoms with Gasteiger partial charge in [0.2, 0.25) is 0 Å². The van der Waals surface area contributed by atoms with E-state index in [1.165, 1.54) is 3.57 Å². The van der Waals surface area contributed by atoms with Gasteiger partial charge in [0, 0.05) is 33.5 Å². The molecule has 1 aromatic rings. The first kappa shape index (κ1) is 12.0. The highest BCUT2D eigenvalue weighted by Crippen LogP contribution is 2.25. The van der Waals surface area contributed by atoms with Gasteiger partial charge in [-0.3, -0.25) is 0 Å². The van der Waals surface area contributed by atoms with Gasteiger partial charge in [-0.2, -0.15) is 0 Å². The molecule has 2 unspecified atom stereocenters. The maximum atomic E-state index is 5.73. The van der Waals surface area contributed by atoms with Gasteiger partial charge in [0.05, 0.1) is 6.61 Å². The van der Waals surface area contributed by atoms with Crippen LogP contribution in [0.15, 0.2) is 18.2 Å². The monoisotopic (exact) mass is 332 g/mol. The Bertz CT molecular complexity index is 364. The number of benzene rings is 1. The molecule has 3 N–H and O–H groups in total. The lowest BCUT2D eigenvalue weighted by molar-refractivity contribution is 0.183. The van der Waals surface area contributed by atoms with Gasteiger partial charge in [0.15, 0.2) is 0 Å². The Balaban J connectivity index is 2.02. The van der Waals surface area contributed by atoms with Crippen molar-refractivity contribution >= 4 is 34.0 Å². The first-order valence-electron chi connectivity index (χ1n) is 5.56. The number of hydrogen-bond acceptors (Lipinski definition) is 3. The van der Waals surface area contributed by atoms with E-state index in [0.717, 1.165) is 31.0 Å². The van der Waals surface area contributed by atoms with E-state index in [2.05, 4.69) is 34.8 Å². The molecule has 3 nitrogen and oxygen atoms in total. The SMILES string of the molecule is CC(Nc1ccc(N)cc1I)C1CCOC1. The molecule has 0 saturated carbocycles. The van der Waals surface area contributed by atoms with Crippen molar-refractivity contribution in [3.8, 4) is 0 Å². The molecule has 1 heterocycles. The molecule has 0 aliphatic carbocycles. The molecule has 2 atom stereocenters. The zero-order valence-corrected chi connectivity index (χ0v) is 11.5. The van der Waals surface area contributed by atoms with Crippen LogP contribution in [0.3, 0.4) is 0 Å². The molecule has 0 spiro atoms. The first-order chi connectivity index (χ1) is 7.66. The van der Waals surface area contributed by atoms with Gasteiger partial charge in [-0.15, -0.1) is 0 Å². The van der Waals surface area contributed by atoms with E-state index < -0.39 is 0 Å². The summed E-state index contributed by atoms with van der Waals surface area (Å²) in [5, 5.41) is 3.54. The van der Waals surface area contributed by atoms with Crippen LogP contribution >= 0.6 is 22.6 Å². The van der Waals surface area contributed by atoms with Gasteiger partial charge in [-0.05, 0) is 54.1 Å². The molecule has 1 aliphatic heterocycles. The molecule has 0 radical (unpaired) electrons. The van der Waals surface area contributed by atoms with Crippen molar-refractivity contribution in [3.05, 3.63) is 21.8 Å². The van der Waals surface area contributed by atoms with E-state index >= 15 is 0 Å². The Morgan fingerprint density at radius 1 is 1.56 bits per heavy atom. The highest BCUT2D eigenvalue weighted by atomic mass is 127. The number of ether oxygens (including phenoxy) is 1. The lowest BCUT2D eigenvalue weighted by Gasteiger charge is -2.21. The van der Waals surface area contributed by atoms with Gasteiger partial charge in [-0.25, -0.2) is 0 Å². The fourth-order valence-electron chi connectivity index (χ4n) is 1.96. The zero-order chi connectivity index (χ0) is 11.5. The van der Waals surface area contributed by atoms with E-state index in [1.54, 1.807) is 0 Å². The third-order valence-electron chi connectivity index (χ3n) is 3.05. The second-order valence-corrected chi connectivity index (χ2v) is 5.46. The van der Waals surface area contributed by atoms with Crippen LogP contribution < -0.4 is 11.1 Å². The Morgan fingerprint density at radius 2 is 2.38 bits per heavy atom. The third-order valence-corrected chi connectivity index (χ3v) is 3.94. The summed E-state index contributed by atoms with van der Waals surface area (Å²) in [5.74, 6) is 0.619. The van der Waals surface area contributed by atoms with Crippen molar-refractivity contribution in [2.45, 2.75) is 19.4 Å². The molecule has 16 heavy (non-hydrogen) atoms. The maximum Gasteiger partial charge on any atom is 0.0514 e. The van der Waals surface area contributed by atoms with Crippen LogP contribution in [-0.4, -0.2) is 19.3 Å². The van der Waals surface area contributed by atoms with Crippen molar-refractivity contribution in [2.75, 3.05) is 24.3 Å². The van der Waals surface area contributed by atoms with Crippen molar-refractivity contribution in [1.29, 1.82) is 0 Å². The predicted octanol–water partition coefficient (Wildman–Crippen LogP) is 2.71. The largest absolute Gasteiger partial charge is 0.399 e. The Hall–Kier alpha value is -0.490. The molecule has 0 amide bonds. The summed E-state index contributed by atoms with van der Waals surface area (Å²) in [5.41, 5.74) is 7.70. The number of nitrogens with two attached hydrogens (primary N) is 1. The zero-order valence-electron chi connectivity index (χ0n) is 9.37. The summed E-state index contributed by atoms with van der Waals surface area (Å²) in [7, 11) is 0. The van der Waals surface area contributed by atoms with Crippen molar-refractivity contribution in [2.24, 2.45) is 5.92 Å². The minimum Gasteiger partial charge on any atom is -0.399 e. The summed E-state index contributed by atoms with van der Waals surface area (Å²) in [6, 6.07) is 6.41. The number of nitrogens with one attached hydrogen (secondary N) is 1. The molecule has 0 aromatic heterocycles. The predicted molar refractivity (Wildman–Crippen MR) is 75.6 cm³/mol. The standard InChI is InChI=1S/C12H17IN2O/c1-8(9-4-5-16-7-9)15-12-3-2-10(14)6-11(12)13/h2-3,6,8-9,15H,4-5,7,14H2,1H3. The van der Waals surface area contributed by atoms with E-state index in [9.17, 15) is 0 Å². The molecule has 1 aliphatic rings. The highest BCUT2D eigenvalue weighted by Gasteiger charge is 2.22. The number of nitrogen functional groups attached to an aromatic ring is 1. The van der Waals surface area contributed by atoms with Crippen molar-refractivity contribution in [1.82, 2.24) is 0 Å². The van der Waals surface area contributed by atoms with Gasteiger partial charge in [0.1, 0.15) is 0 Å². The second kappa shape index (κ2) is 5.23. The van der Waals surface area contributed by atoms with Crippen molar-refractivity contribution in [3.63, 3.8) is 0 Å². The Labute approximate surface area is 110 Å². The fraction of sp³-hybridized carbons (Fsp3) is 0.500. The average Bonchev–Trinajstić information content (AvgIpc) is 2.75. The highest BCUT2D eigenvalue weighted by molar-refractivity contribution is 14.1. The second-order valence-electron chi connectivity index (χ2n) is 4.30. The fourth-order valence-corrected chi connectivity index (χ4v) is 2.65. The third kappa shape index (κ3) is 2.79. The normalized spacial score (nSPS) is 22.0. The van der Waals surface area contributed by atoms with Gasteiger partial charge in [-0.1, -0.05) is 0 Å². The first-order valence-corrected chi connectivity index (χ1v) is 6.64. The lowest BCUT2D eigenvalue weighted by Crippen LogP contribution is -2.26. The molecular weight excluding hydrogens is 315 g/mol. The minimum atomic E-state index is 0.444. The molecule has 4 heteroatoms. The molecule has 1 saturated heterocycles. The maximum absolute atomic E-state index is 5.73. The molecular formula is C12H17IN2O. The van der Waals surface area contributed by atoms with Gasteiger partial charge >= 0.3 is 0 Å². The van der Waals surface area contributed by atoms with Crippen LogP contribution in [0.2, 0.25) is 0 Å². The summed E-state index contributed by atoms with van der Waals surface area (Å²) in [4.78, 5) is 0.